The van der Waals surface area contributed by atoms with Gasteiger partial charge in [0.15, 0.2) is 0 Å². The molecule has 1 saturated carbocycles. The van der Waals surface area contributed by atoms with Crippen molar-refractivity contribution in [2.45, 2.75) is 77.9 Å². The van der Waals surface area contributed by atoms with Crippen molar-refractivity contribution in [2.75, 3.05) is 6.54 Å². The van der Waals surface area contributed by atoms with E-state index in [1.54, 1.807) is 13.1 Å². The number of carbonyl (C=O) groups excluding carboxylic acids is 1. The summed E-state index contributed by atoms with van der Waals surface area (Å²) in [4.78, 5) is 12.5. The largest absolute Gasteiger partial charge is 0.388 e. The Kier molecular flexibility index (Phi) is 5.50. The molecule has 5 heteroatoms. The zero-order valence-electron chi connectivity index (χ0n) is 15.1. The highest BCUT2D eigenvalue weighted by Crippen LogP contribution is 2.42. The van der Waals surface area contributed by atoms with Crippen LogP contribution in [0, 0.1) is 5.92 Å². The van der Waals surface area contributed by atoms with Gasteiger partial charge in [-0.05, 0) is 52.4 Å². The van der Waals surface area contributed by atoms with E-state index in [0.717, 1.165) is 25.0 Å². The van der Waals surface area contributed by atoms with Gasteiger partial charge in [-0.15, -0.1) is 0 Å². The predicted octanol–water partition coefficient (Wildman–Crippen LogP) is 3.26. The third-order valence-corrected chi connectivity index (χ3v) is 4.42. The molecule has 0 bridgehead atoms. The zero-order valence-corrected chi connectivity index (χ0v) is 15.1. The quantitative estimate of drug-likeness (QED) is 0.772. The standard InChI is InChI=1S/C18H31N3O2/c1-12(2)8-9-18(5,23)11-19-17(22)15-10-20-21(13(3)4)16(15)14-6-7-14/h10,12-14,23H,6-9,11H2,1-5H3,(H,19,22). The van der Waals surface area contributed by atoms with Crippen molar-refractivity contribution in [2.24, 2.45) is 5.92 Å². The molecule has 1 unspecified atom stereocenters. The Labute approximate surface area is 139 Å². The minimum atomic E-state index is -0.867. The Morgan fingerprint density at radius 2 is 2.09 bits per heavy atom. The van der Waals surface area contributed by atoms with E-state index in [1.807, 2.05) is 4.68 Å². The second-order valence-electron chi connectivity index (χ2n) is 7.87. The van der Waals surface area contributed by atoms with Crippen LogP contribution in [0.5, 0.6) is 0 Å². The number of hydrogen-bond donors (Lipinski definition) is 2. The van der Waals surface area contributed by atoms with Crippen LogP contribution in [0.2, 0.25) is 0 Å². The summed E-state index contributed by atoms with van der Waals surface area (Å²) < 4.78 is 1.96. The van der Waals surface area contributed by atoms with E-state index in [1.165, 1.54) is 0 Å². The number of aromatic nitrogens is 2. The number of nitrogens with zero attached hydrogens (tertiary/aromatic N) is 2. The van der Waals surface area contributed by atoms with E-state index in [4.69, 9.17) is 0 Å². The van der Waals surface area contributed by atoms with Crippen molar-refractivity contribution >= 4 is 5.91 Å². The van der Waals surface area contributed by atoms with Crippen molar-refractivity contribution in [1.82, 2.24) is 15.1 Å². The molecule has 1 aliphatic rings. The lowest BCUT2D eigenvalue weighted by Crippen LogP contribution is -2.41. The van der Waals surface area contributed by atoms with Gasteiger partial charge in [0.1, 0.15) is 0 Å². The molecule has 0 saturated heterocycles. The fourth-order valence-corrected chi connectivity index (χ4v) is 2.78. The van der Waals surface area contributed by atoms with Crippen LogP contribution in [0.3, 0.4) is 0 Å². The Balaban J connectivity index is 2.01. The molecule has 2 rings (SSSR count). The molecule has 130 valence electrons. The van der Waals surface area contributed by atoms with Gasteiger partial charge in [0.05, 0.1) is 23.1 Å². The van der Waals surface area contributed by atoms with Crippen molar-refractivity contribution in [3.8, 4) is 0 Å². The van der Waals surface area contributed by atoms with Crippen molar-refractivity contribution < 1.29 is 9.90 Å². The van der Waals surface area contributed by atoms with Gasteiger partial charge in [-0.25, -0.2) is 0 Å². The molecule has 2 N–H and O–H groups in total. The van der Waals surface area contributed by atoms with Crippen molar-refractivity contribution in [1.29, 1.82) is 0 Å². The second kappa shape index (κ2) is 7.04. The maximum Gasteiger partial charge on any atom is 0.254 e. The Morgan fingerprint density at radius 3 is 2.61 bits per heavy atom. The van der Waals surface area contributed by atoms with Crippen LogP contribution >= 0.6 is 0 Å². The molecule has 5 nitrogen and oxygen atoms in total. The topological polar surface area (TPSA) is 67.2 Å². The van der Waals surface area contributed by atoms with Crippen molar-refractivity contribution in [3.05, 3.63) is 17.5 Å². The van der Waals surface area contributed by atoms with Crippen LogP contribution in [0.4, 0.5) is 0 Å². The molecule has 1 fully saturated rings. The lowest BCUT2D eigenvalue weighted by Gasteiger charge is -2.24. The summed E-state index contributed by atoms with van der Waals surface area (Å²) in [5, 5.41) is 17.7. The van der Waals surface area contributed by atoms with Crippen LogP contribution in [-0.4, -0.2) is 32.9 Å². The Morgan fingerprint density at radius 1 is 1.43 bits per heavy atom. The van der Waals surface area contributed by atoms with Crippen LogP contribution < -0.4 is 5.32 Å². The number of aliphatic hydroxyl groups is 1. The molecule has 1 atom stereocenters. The first-order valence-corrected chi connectivity index (χ1v) is 8.79. The number of carbonyl (C=O) groups is 1. The lowest BCUT2D eigenvalue weighted by atomic mass is 9.95. The average molecular weight is 321 g/mol. The maximum atomic E-state index is 12.5. The third-order valence-electron chi connectivity index (χ3n) is 4.42. The third kappa shape index (κ3) is 4.80. The molecule has 1 heterocycles. The minimum absolute atomic E-state index is 0.122. The highest BCUT2D eigenvalue weighted by Gasteiger charge is 2.33. The molecule has 23 heavy (non-hydrogen) atoms. The number of nitrogens with one attached hydrogen (secondary N) is 1. The number of amides is 1. The fourth-order valence-electron chi connectivity index (χ4n) is 2.78. The Hall–Kier alpha value is -1.36. The van der Waals surface area contributed by atoms with Gasteiger partial charge in [0, 0.05) is 18.5 Å². The summed E-state index contributed by atoms with van der Waals surface area (Å²) in [6.07, 6.45) is 5.56. The smallest absolute Gasteiger partial charge is 0.254 e. The molecule has 1 aliphatic carbocycles. The maximum absolute atomic E-state index is 12.5. The molecule has 0 aromatic carbocycles. The van der Waals surface area contributed by atoms with Crippen LogP contribution in [0.25, 0.3) is 0 Å². The van der Waals surface area contributed by atoms with E-state index in [-0.39, 0.29) is 18.5 Å². The van der Waals surface area contributed by atoms with Gasteiger partial charge in [0.2, 0.25) is 0 Å². The van der Waals surface area contributed by atoms with Crippen LogP contribution in [-0.2, 0) is 0 Å². The molecule has 1 aromatic rings. The highest BCUT2D eigenvalue weighted by atomic mass is 16.3. The van der Waals surface area contributed by atoms with Crippen LogP contribution in [0.15, 0.2) is 6.20 Å². The molecule has 1 amide bonds. The van der Waals surface area contributed by atoms with Crippen LogP contribution in [0.1, 0.15) is 88.3 Å². The van der Waals surface area contributed by atoms with E-state index < -0.39 is 5.60 Å². The molecule has 1 aromatic heterocycles. The summed E-state index contributed by atoms with van der Waals surface area (Å²) in [5.74, 6) is 0.883. The Bertz CT molecular complexity index is 542. The minimum Gasteiger partial charge on any atom is -0.388 e. The summed E-state index contributed by atoms with van der Waals surface area (Å²) >= 11 is 0. The van der Waals surface area contributed by atoms with E-state index in [0.29, 0.717) is 23.8 Å². The average Bonchev–Trinajstić information content (AvgIpc) is 3.20. The summed E-state index contributed by atoms with van der Waals surface area (Å²) in [6, 6.07) is 0.251. The molecular weight excluding hydrogens is 290 g/mol. The van der Waals surface area contributed by atoms with Gasteiger partial charge >= 0.3 is 0 Å². The first-order chi connectivity index (χ1) is 10.7. The summed E-state index contributed by atoms with van der Waals surface area (Å²) in [7, 11) is 0. The first-order valence-electron chi connectivity index (χ1n) is 8.79. The zero-order chi connectivity index (χ0) is 17.2. The van der Waals surface area contributed by atoms with Crippen molar-refractivity contribution in [3.63, 3.8) is 0 Å². The molecular formula is C18H31N3O2. The normalized spacial score (nSPS) is 17.6. The second-order valence-corrected chi connectivity index (χ2v) is 7.87. The molecule has 0 radical (unpaired) electrons. The molecule has 0 aliphatic heterocycles. The first kappa shape index (κ1) is 18.0. The van der Waals surface area contributed by atoms with Gasteiger partial charge in [-0.3, -0.25) is 9.48 Å². The fraction of sp³-hybridized carbons (Fsp3) is 0.778. The SMILES string of the molecule is CC(C)CCC(C)(O)CNC(=O)c1cnn(C(C)C)c1C1CC1. The number of rotatable bonds is 8. The van der Waals surface area contributed by atoms with E-state index in [9.17, 15) is 9.90 Å². The highest BCUT2D eigenvalue weighted by molar-refractivity contribution is 5.95. The summed E-state index contributed by atoms with van der Waals surface area (Å²) in [6.45, 7) is 10.5. The lowest BCUT2D eigenvalue weighted by molar-refractivity contribution is 0.0429. The predicted molar refractivity (Wildman–Crippen MR) is 91.6 cm³/mol. The van der Waals surface area contributed by atoms with Gasteiger partial charge in [0.25, 0.3) is 5.91 Å². The van der Waals surface area contributed by atoms with Gasteiger partial charge in [-0.2, -0.15) is 5.10 Å². The monoisotopic (exact) mass is 321 g/mol. The van der Waals surface area contributed by atoms with E-state index >= 15 is 0 Å². The number of hydrogen-bond acceptors (Lipinski definition) is 3. The summed E-state index contributed by atoms with van der Waals surface area (Å²) in [5.41, 5.74) is 0.855. The van der Waals surface area contributed by atoms with Gasteiger partial charge < -0.3 is 10.4 Å². The van der Waals surface area contributed by atoms with Gasteiger partial charge in [-0.1, -0.05) is 13.8 Å². The van der Waals surface area contributed by atoms with E-state index in [2.05, 4.69) is 38.1 Å². The molecule has 0 spiro atoms.